The molecule has 0 saturated carbocycles. The van der Waals surface area contributed by atoms with Crippen molar-refractivity contribution < 1.29 is 27.7 Å². The summed E-state index contributed by atoms with van der Waals surface area (Å²) in [7, 11) is -4.67. The second kappa shape index (κ2) is 7.98. The lowest BCUT2D eigenvalue weighted by atomic mass is 10.1. The minimum Gasteiger partial charge on any atom is -0.396 e. The first kappa shape index (κ1) is 19.0. The van der Waals surface area contributed by atoms with Gasteiger partial charge in [-0.05, 0) is 6.42 Å². The number of rotatable bonds is 5. The first-order valence-electron chi connectivity index (χ1n) is 6.28. The maximum atomic E-state index is 11.5. The molecular formula is C10H17N5O7S. The Morgan fingerprint density at radius 2 is 1.87 bits per heavy atom. The molecule has 0 aliphatic rings. The Morgan fingerprint density at radius 1 is 1.30 bits per heavy atom. The first-order chi connectivity index (χ1) is 10.7. The number of aromatic amines is 1. The van der Waals surface area contributed by atoms with Crippen LogP contribution < -0.4 is 11.3 Å². The van der Waals surface area contributed by atoms with E-state index in [2.05, 4.69) is 15.0 Å². The summed E-state index contributed by atoms with van der Waals surface area (Å²) in [5.74, 6) is -0.156. The third kappa shape index (κ3) is 6.29. The monoisotopic (exact) mass is 351 g/mol. The Bertz CT molecular complexity index is 788. The quantitative estimate of drug-likeness (QED) is 0.328. The number of nitrogens with one attached hydrogen (secondary N) is 1. The molecule has 23 heavy (non-hydrogen) atoms. The third-order valence-corrected chi connectivity index (χ3v) is 2.79. The van der Waals surface area contributed by atoms with Crippen LogP contribution in [-0.2, 0) is 16.9 Å². The van der Waals surface area contributed by atoms with Gasteiger partial charge >= 0.3 is 10.4 Å². The molecule has 0 atom stereocenters. The van der Waals surface area contributed by atoms with Gasteiger partial charge in [0.05, 0.1) is 6.33 Å². The number of aliphatic hydroxyl groups is 2. The Hall–Kier alpha value is -2.06. The Morgan fingerprint density at radius 3 is 2.39 bits per heavy atom. The number of aryl methyl sites for hydroxylation is 1. The Kier molecular flexibility index (Phi) is 6.59. The van der Waals surface area contributed by atoms with Crippen molar-refractivity contribution in [2.75, 3.05) is 18.9 Å². The fourth-order valence-corrected chi connectivity index (χ4v) is 1.70. The summed E-state index contributed by atoms with van der Waals surface area (Å²) >= 11 is 0. The number of nitrogens with two attached hydrogens (primary N) is 1. The number of hydrogen-bond acceptors (Lipinski definition) is 8. The second-order valence-electron chi connectivity index (χ2n) is 4.53. The van der Waals surface area contributed by atoms with Gasteiger partial charge in [-0.2, -0.15) is 13.4 Å². The van der Waals surface area contributed by atoms with Crippen LogP contribution in [0.2, 0.25) is 0 Å². The SMILES string of the molecule is Nc1nc2c(ncn2CCC(CO)CO)c(=O)[nH]1.O=S(=O)(O)O. The number of aliphatic hydroxyl groups excluding tert-OH is 2. The maximum absolute atomic E-state index is 11.5. The number of fused-ring (bicyclic) bond motifs is 1. The van der Waals surface area contributed by atoms with Crippen molar-refractivity contribution in [3.63, 3.8) is 0 Å². The molecule has 0 aromatic carbocycles. The largest absolute Gasteiger partial charge is 0.396 e. The van der Waals surface area contributed by atoms with Crippen LogP contribution in [0.5, 0.6) is 0 Å². The van der Waals surface area contributed by atoms with E-state index in [0.29, 0.717) is 18.6 Å². The molecule has 0 spiro atoms. The summed E-state index contributed by atoms with van der Waals surface area (Å²) in [6.07, 6.45) is 2.06. The second-order valence-corrected chi connectivity index (χ2v) is 5.42. The molecule has 2 aromatic rings. The summed E-state index contributed by atoms with van der Waals surface area (Å²) in [6, 6.07) is 0. The van der Waals surface area contributed by atoms with E-state index >= 15 is 0 Å². The summed E-state index contributed by atoms with van der Waals surface area (Å²) in [6.45, 7) is 0.330. The van der Waals surface area contributed by atoms with Crippen LogP contribution in [0.4, 0.5) is 5.95 Å². The molecule has 13 heteroatoms. The number of nitrogens with zero attached hydrogens (tertiary/aromatic N) is 3. The van der Waals surface area contributed by atoms with Gasteiger partial charge in [-0.3, -0.25) is 18.9 Å². The molecule has 130 valence electrons. The Labute approximate surface area is 130 Å². The van der Waals surface area contributed by atoms with Gasteiger partial charge in [-0.1, -0.05) is 0 Å². The van der Waals surface area contributed by atoms with Crippen LogP contribution in [-0.4, -0.2) is 60.5 Å². The van der Waals surface area contributed by atoms with Gasteiger partial charge in [-0.25, -0.2) is 4.98 Å². The number of aromatic nitrogens is 4. The first-order valence-corrected chi connectivity index (χ1v) is 7.67. The number of imidazole rings is 1. The fraction of sp³-hybridized carbons (Fsp3) is 0.500. The molecule has 2 rings (SSSR count). The van der Waals surface area contributed by atoms with Gasteiger partial charge in [-0.15, -0.1) is 0 Å². The molecule has 0 amide bonds. The maximum Gasteiger partial charge on any atom is 0.394 e. The van der Waals surface area contributed by atoms with Crippen molar-refractivity contribution in [2.24, 2.45) is 5.92 Å². The van der Waals surface area contributed by atoms with Crippen molar-refractivity contribution in [2.45, 2.75) is 13.0 Å². The van der Waals surface area contributed by atoms with E-state index in [0.717, 1.165) is 0 Å². The van der Waals surface area contributed by atoms with Gasteiger partial charge in [0.15, 0.2) is 11.2 Å². The van der Waals surface area contributed by atoms with Crippen LogP contribution >= 0.6 is 0 Å². The molecule has 0 bridgehead atoms. The highest BCUT2D eigenvalue weighted by Crippen LogP contribution is 2.10. The number of anilines is 1. The molecule has 0 aliphatic carbocycles. The zero-order valence-corrected chi connectivity index (χ0v) is 12.6. The lowest BCUT2D eigenvalue weighted by Crippen LogP contribution is -2.15. The van der Waals surface area contributed by atoms with Crippen LogP contribution in [0.15, 0.2) is 11.1 Å². The lowest BCUT2D eigenvalue weighted by Gasteiger charge is -2.10. The highest BCUT2D eigenvalue weighted by molar-refractivity contribution is 7.79. The van der Waals surface area contributed by atoms with E-state index in [1.54, 1.807) is 4.57 Å². The zero-order valence-electron chi connectivity index (χ0n) is 11.8. The smallest absolute Gasteiger partial charge is 0.394 e. The highest BCUT2D eigenvalue weighted by atomic mass is 32.3. The van der Waals surface area contributed by atoms with Gasteiger partial charge in [0, 0.05) is 25.7 Å². The normalized spacial score (nSPS) is 11.5. The highest BCUT2D eigenvalue weighted by Gasteiger charge is 2.11. The molecular weight excluding hydrogens is 334 g/mol. The molecule has 0 unspecified atom stereocenters. The van der Waals surface area contributed by atoms with Crippen LogP contribution in [0.1, 0.15) is 6.42 Å². The summed E-state index contributed by atoms with van der Waals surface area (Å²) in [5, 5.41) is 18.0. The molecule has 0 fully saturated rings. The third-order valence-electron chi connectivity index (χ3n) is 2.79. The number of H-pyrrole nitrogens is 1. The van der Waals surface area contributed by atoms with E-state index < -0.39 is 10.4 Å². The van der Waals surface area contributed by atoms with Crippen molar-refractivity contribution in [3.8, 4) is 0 Å². The van der Waals surface area contributed by atoms with E-state index in [1.165, 1.54) is 6.33 Å². The topological polar surface area (TPSA) is 205 Å². The fourth-order valence-electron chi connectivity index (χ4n) is 1.70. The van der Waals surface area contributed by atoms with E-state index in [1.807, 2.05) is 0 Å². The van der Waals surface area contributed by atoms with Crippen LogP contribution in [0.3, 0.4) is 0 Å². The predicted molar refractivity (Wildman–Crippen MR) is 79.0 cm³/mol. The van der Waals surface area contributed by atoms with Crippen LogP contribution in [0, 0.1) is 5.92 Å². The van der Waals surface area contributed by atoms with Gasteiger partial charge < -0.3 is 20.5 Å². The lowest BCUT2D eigenvalue weighted by molar-refractivity contribution is 0.140. The van der Waals surface area contributed by atoms with Crippen LogP contribution in [0.25, 0.3) is 11.2 Å². The molecule has 0 saturated heterocycles. The molecule has 12 nitrogen and oxygen atoms in total. The molecule has 0 aliphatic heterocycles. The number of nitrogen functional groups attached to an aromatic ring is 1. The summed E-state index contributed by atoms with van der Waals surface area (Å²) in [5.41, 5.74) is 5.73. The minimum absolute atomic E-state index is 0.0371. The standard InChI is InChI=1S/C10H15N5O3.H2O4S/c11-10-13-8-7(9(18)14-10)12-5-15(8)2-1-6(3-16)4-17;1-5(2,3)4/h5-6,16-17H,1-4H2,(H3,11,13,14,18);(H2,1,2,3,4). The summed E-state index contributed by atoms with van der Waals surface area (Å²) < 4.78 is 33.3. The minimum atomic E-state index is -4.67. The number of hydrogen-bond donors (Lipinski definition) is 6. The molecule has 0 radical (unpaired) electrons. The van der Waals surface area contributed by atoms with Crippen molar-refractivity contribution in [1.29, 1.82) is 0 Å². The van der Waals surface area contributed by atoms with Crippen molar-refractivity contribution in [1.82, 2.24) is 19.5 Å². The molecule has 7 N–H and O–H groups in total. The van der Waals surface area contributed by atoms with E-state index in [9.17, 15) is 4.79 Å². The average Bonchev–Trinajstić information content (AvgIpc) is 2.81. The van der Waals surface area contributed by atoms with Gasteiger partial charge in [0.1, 0.15) is 0 Å². The molecule has 2 heterocycles. The predicted octanol–water partition coefficient (Wildman–Crippen LogP) is -1.96. The Balaban J connectivity index is 0.000000463. The van der Waals surface area contributed by atoms with E-state index in [4.69, 9.17) is 33.5 Å². The molecule has 2 aromatic heterocycles. The van der Waals surface area contributed by atoms with Gasteiger partial charge in [0.2, 0.25) is 5.95 Å². The van der Waals surface area contributed by atoms with Crippen molar-refractivity contribution >= 4 is 27.5 Å². The van der Waals surface area contributed by atoms with E-state index in [-0.39, 0.29) is 36.2 Å². The summed E-state index contributed by atoms with van der Waals surface area (Å²) in [4.78, 5) is 21.9. The average molecular weight is 351 g/mol. The zero-order chi connectivity index (χ0) is 17.6. The van der Waals surface area contributed by atoms with Crippen molar-refractivity contribution in [3.05, 3.63) is 16.7 Å². The van der Waals surface area contributed by atoms with Gasteiger partial charge in [0.25, 0.3) is 5.56 Å².